The van der Waals surface area contributed by atoms with Gasteiger partial charge in [0.15, 0.2) is 0 Å². The molecule has 0 aliphatic carbocycles. The highest BCUT2D eigenvalue weighted by Gasteiger charge is 2.25. The van der Waals surface area contributed by atoms with Crippen LogP contribution >= 0.6 is 0 Å². The van der Waals surface area contributed by atoms with Gasteiger partial charge in [-0.25, -0.2) is 8.42 Å². The summed E-state index contributed by atoms with van der Waals surface area (Å²) >= 11 is 0. The molecule has 0 radical (unpaired) electrons. The van der Waals surface area contributed by atoms with Gasteiger partial charge in [0.25, 0.3) is 0 Å². The Bertz CT molecular complexity index is 1400. The van der Waals surface area contributed by atoms with Crippen molar-refractivity contribution < 1.29 is 13.5 Å². The molecule has 0 unspecified atom stereocenters. The summed E-state index contributed by atoms with van der Waals surface area (Å²) in [5, 5.41) is 11.7. The van der Waals surface area contributed by atoms with Crippen molar-refractivity contribution in [1.82, 2.24) is 4.90 Å². The first-order valence-corrected chi connectivity index (χ1v) is 13.2. The molecule has 5 rings (SSSR count). The van der Waals surface area contributed by atoms with E-state index < -0.39 is 10.0 Å². The molecule has 0 amide bonds. The molecule has 0 bridgehead atoms. The lowest BCUT2D eigenvalue weighted by Crippen LogP contribution is -2.39. The second-order valence-corrected chi connectivity index (χ2v) is 10.8. The van der Waals surface area contributed by atoms with Gasteiger partial charge in [0, 0.05) is 19.6 Å². The zero-order valence-corrected chi connectivity index (χ0v) is 19.8. The van der Waals surface area contributed by atoms with Crippen LogP contribution in [0.25, 0.3) is 10.8 Å². The average Bonchev–Trinajstić information content (AvgIpc) is 2.86. The van der Waals surface area contributed by atoms with E-state index in [4.69, 9.17) is 0 Å². The Hall–Kier alpha value is -3.35. The normalized spacial score (nSPS) is 14.1. The summed E-state index contributed by atoms with van der Waals surface area (Å²) in [5.41, 5.74) is 4.10. The van der Waals surface area contributed by atoms with Gasteiger partial charge in [0.05, 0.1) is 18.0 Å². The SMILES string of the molecule is O=S(=O)(CCN1CCc2ccccc2C1)N(Cc1ccc(O)cc1)c1ccc2ccccc2c1. The Morgan fingerprint density at radius 1 is 0.824 bits per heavy atom. The average molecular weight is 473 g/mol. The van der Waals surface area contributed by atoms with E-state index in [9.17, 15) is 13.5 Å². The minimum atomic E-state index is -3.60. The molecule has 6 heteroatoms. The van der Waals surface area contributed by atoms with Gasteiger partial charge in [-0.3, -0.25) is 9.21 Å². The summed E-state index contributed by atoms with van der Waals surface area (Å²) in [6.07, 6.45) is 0.943. The Kier molecular flexibility index (Phi) is 6.26. The van der Waals surface area contributed by atoms with E-state index in [1.54, 1.807) is 24.3 Å². The summed E-state index contributed by atoms with van der Waals surface area (Å²) in [4.78, 5) is 2.22. The molecule has 1 aliphatic heterocycles. The van der Waals surface area contributed by atoms with Crippen molar-refractivity contribution in [2.45, 2.75) is 19.5 Å². The third-order valence-corrected chi connectivity index (χ3v) is 8.20. The number of anilines is 1. The zero-order valence-electron chi connectivity index (χ0n) is 19.0. The van der Waals surface area contributed by atoms with Gasteiger partial charge in [-0.05, 0) is 58.1 Å². The van der Waals surface area contributed by atoms with Gasteiger partial charge in [-0.15, -0.1) is 0 Å². The van der Waals surface area contributed by atoms with Crippen molar-refractivity contribution in [2.75, 3.05) is 23.1 Å². The second kappa shape index (κ2) is 9.49. The maximum atomic E-state index is 13.7. The lowest BCUT2D eigenvalue weighted by atomic mass is 10.0. The Balaban J connectivity index is 1.40. The van der Waals surface area contributed by atoms with Crippen molar-refractivity contribution in [2.24, 2.45) is 0 Å². The van der Waals surface area contributed by atoms with E-state index in [-0.39, 0.29) is 18.0 Å². The topological polar surface area (TPSA) is 60.9 Å². The van der Waals surface area contributed by atoms with Crippen LogP contribution in [-0.2, 0) is 29.5 Å². The molecule has 1 N–H and O–H groups in total. The Labute approximate surface area is 200 Å². The first-order chi connectivity index (χ1) is 16.5. The summed E-state index contributed by atoms with van der Waals surface area (Å²) in [5.74, 6) is 0.203. The van der Waals surface area contributed by atoms with Crippen molar-refractivity contribution >= 4 is 26.5 Å². The number of benzene rings is 4. The zero-order chi connectivity index (χ0) is 23.5. The molecule has 0 atom stereocenters. The van der Waals surface area contributed by atoms with Crippen LogP contribution in [0.2, 0.25) is 0 Å². The summed E-state index contributed by atoms with van der Waals surface area (Å²) in [6, 6.07) is 28.8. The molecule has 0 aromatic heterocycles. The molecule has 4 aromatic carbocycles. The maximum absolute atomic E-state index is 13.7. The number of hydrogen-bond donors (Lipinski definition) is 1. The van der Waals surface area contributed by atoms with Gasteiger partial charge in [-0.2, -0.15) is 0 Å². The highest BCUT2D eigenvalue weighted by atomic mass is 32.2. The fraction of sp³-hybridized carbons (Fsp3) is 0.214. The molecule has 4 aromatic rings. The van der Waals surface area contributed by atoms with Crippen LogP contribution in [0.5, 0.6) is 5.75 Å². The van der Waals surface area contributed by atoms with Gasteiger partial charge in [0.1, 0.15) is 5.75 Å². The molecule has 0 saturated carbocycles. The molecule has 1 heterocycles. The first kappa shape index (κ1) is 22.4. The number of aromatic hydroxyl groups is 1. The number of fused-ring (bicyclic) bond motifs is 2. The number of phenolic OH excluding ortho intramolecular Hbond substituents is 1. The van der Waals surface area contributed by atoms with E-state index in [1.807, 2.05) is 48.5 Å². The van der Waals surface area contributed by atoms with Gasteiger partial charge in [0.2, 0.25) is 10.0 Å². The standard InChI is InChI=1S/C28H28N2O3S/c31-28-13-9-22(10-14-28)20-30(27-12-11-23-5-1-3-7-25(23)19-27)34(32,33)18-17-29-16-15-24-6-2-4-8-26(24)21-29/h1-14,19,31H,15-18,20-21H2. The molecule has 1 aliphatic rings. The quantitative estimate of drug-likeness (QED) is 0.414. The van der Waals surface area contributed by atoms with Crippen LogP contribution < -0.4 is 4.31 Å². The number of rotatable bonds is 7. The lowest BCUT2D eigenvalue weighted by Gasteiger charge is -2.30. The third-order valence-electron chi connectivity index (χ3n) is 6.49. The van der Waals surface area contributed by atoms with Gasteiger partial charge >= 0.3 is 0 Å². The van der Waals surface area contributed by atoms with Crippen LogP contribution in [-0.4, -0.2) is 37.3 Å². The molecule has 0 fully saturated rings. The molecule has 174 valence electrons. The molecular weight excluding hydrogens is 444 g/mol. The molecule has 0 spiro atoms. The predicted molar refractivity (Wildman–Crippen MR) is 137 cm³/mol. The van der Waals surface area contributed by atoms with Crippen LogP contribution in [0.3, 0.4) is 0 Å². The summed E-state index contributed by atoms with van der Waals surface area (Å²) < 4.78 is 28.9. The largest absolute Gasteiger partial charge is 0.508 e. The fourth-order valence-electron chi connectivity index (χ4n) is 4.55. The van der Waals surface area contributed by atoms with E-state index >= 15 is 0 Å². The van der Waals surface area contributed by atoms with E-state index in [0.717, 1.165) is 35.8 Å². The van der Waals surface area contributed by atoms with Crippen molar-refractivity contribution in [1.29, 1.82) is 0 Å². The van der Waals surface area contributed by atoms with E-state index in [0.29, 0.717) is 12.2 Å². The second-order valence-electron chi connectivity index (χ2n) is 8.82. The number of hydrogen-bond acceptors (Lipinski definition) is 4. The van der Waals surface area contributed by atoms with Crippen molar-refractivity contribution in [3.05, 3.63) is 108 Å². The highest BCUT2D eigenvalue weighted by Crippen LogP contribution is 2.27. The molecule has 34 heavy (non-hydrogen) atoms. The Morgan fingerprint density at radius 2 is 1.53 bits per heavy atom. The molecule has 5 nitrogen and oxygen atoms in total. The van der Waals surface area contributed by atoms with Crippen LogP contribution in [0.4, 0.5) is 5.69 Å². The Morgan fingerprint density at radius 3 is 2.32 bits per heavy atom. The number of nitrogens with zero attached hydrogens (tertiary/aromatic N) is 2. The van der Waals surface area contributed by atoms with Crippen molar-refractivity contribution in [3.8, 4) is 5.75 Å². The minimum Gasteiger partial charge on any atom is -0.508 e. The highest BCUT2D eigenvalue weighted by molar-refractivity contribution is 7.92. The van der Waals surface area contributed by atoms with E-state index in [2.05, 4.69) is 23.1 Å². The molecular formula is C28H28N2O3S. The van der Waals surface area contributed by atoms with Crippen LogP contribution in [0.1, 0.15) is 16.7 Å². The third kappa shape index (κ3) is 4.93. The number of sulfonamides is 1. The summed E-state index contributed by atoms with van der Waals surface area (Å²) in [6.45, 7) is 2.33. The summed E-state index contributed by atoms with van der Waals surface area (Å²) in [7, 11) is -3.60. The van der Waals surface area contributed by atoms with Crippen molar-refractivity contribution in [3.63, 3.8) is 0 Å². The van der Waals surface area contributed by atoms with Crippen LogP contribution in [0, 0.1) is 0 Å². The van der Waals surface area contributed by atoms with Gasteiger partial charge in [-0.1, -0.05) is 66.7 Å². The van der Waals surface area contributed by atoms with Gasteiger partial charge < -0.3 is 5.11 Å². The monoisotopic (exact) mass is 472 g/mol. The molecule has 0 saturated heterocycles. The number of phenols is 1. The maximum Gasteiger partial charge on any atom is 0.236 e. The lowest BCUT2D eigenvalue weighted by molar-refractivity contribution is 0.269. The van der Waals surface area contributed by atoms with Crippen LogP contribution in [0.15, 0.2) is 91.0 Å². The van der Waals surface area contributed by atoms with E-state index in [1.165, 1.54) is 15.4 Å². The fourth-order valence-corrected chi connectivity index (χ4v) is 6.04. The first-order valence-electron chi connectivity index (χ1n) is 11.5. The predicted octanol–water partition coefficient (Wildman–Crippen LogP) is 4.94. The smallest absolute Gasteiger partial charge is 0.236 e. The minimum absolute atomic E-state index is 0.0417.